The highest BCUT2D eigenvalue weighted by Crippen LogP contribution is 2.52. The van der Waals surface area contributed by atoms with Crippen molar-refractivity contribution in [2.75, 3.05) is 13.1 Å². The summed E-state index contributed by atoms with van der Waals surface area (Å²) in [6.45, 7) is 6.50. The summed E-state index contributed by atoms with van der Waals surface area (Å²) in [5.74, 6) is -0.410. The number of carboxylic acid groups (broad SMARTS) is 1. The highest BCUT2D eigenvalue weighted by atomic mass is 32.2. The lowest BCUT2D eigenvalue weighted by Gasteiger charge is -2.42. The summed E-state index contributed by atoms with van der Waals surface area (Å²) in [4.78, 5) is 16.9. The number of carbonyl (C=O) groups is 1. The molecule has 1 aromatic heterocycles. The summed E-state index contributed by atoms with van der Waals surface area (Å²) in [5.41, 5.74) is 1.28. The summed E-state index contributed by atoms with van der Waals surface area (Å²) >= 11 is -1.32. The third-order valence-electron chi connectivity index (χ3n) is 5.22. The average Bonchev–Trinajstić information content (AvgIpc) is 2.80. The van der Waals surface area contributed by atoms with Gasteiger partial charge in [-0.25, -0.2) is 9.18 Å². The van der Waals surface area contributed by atoms with E-state index in [9.17, 15) is 18.8 Å². The number of hydrogen-bond acceptors (Lipinski definition) is 4. The zero-order chi connectivity index (χ0) is 18.4. The maximum Gasteiger partial charge on any atom is 0.407 e. The summed E-state index contributed by atoms with van der Waals surface area (Å²) in [6.07, 6.45) is 2.21. The SMILES string of the molecule is CC(C)(C)[S@@+]([O-])NC1c2cc(F)cnc2CC12CCN(C(=O)O)CC2. The van der Waals surface area contributed by atoms with Gasteiger partial charge < -0.3 is 14.6 Å². The van der Waals surface area contributed by atoms with Gasteiger partial charge in [0.1, 0.15) is 10.6 Å². The Kier molecular flexibility index (Phi) is 4.72. The van der Waals surface area contributed by atoms with E-state index < -0.39 is 28.0 Å². The number of halogens is 1. The third-order valence-corrected chi connectivity index (χ3v) is 6.79. The minimum absolute atomic E-state index is 0.282. The van der Waals surface area contributed by atoms with Crippen molar-refractivity contribution in [3.8, 4) is 0 Å². The van der Waals surface area contributed by atoms with E-state index in [4.69, 9.17) is 0 Å². The number of aromatic nitrogens is 1. The van der Waals surface area contributed by atoms with Crippen LogP contribution in [-0.4, -0.2) is 43.5 Å². The van der Waals surface area contributed by atoms with Crippen LogP contribution < -0.4 is 4.72 Å². The van der Waals surface area contributed by atoms with Gasteiger partial charge in [-0.1, -0.05) is 0 Å². The fraction of sp³-hybridized carbons (Fsp3) is 0.647. The van der Waals surface area contributed by atoms with E-state index >= 15 is 0 Å². The predicted octanol–water partition coefficient (Wildman–Crippen LogP) is 2.63. The Morgan fingerprint density at radius 2 is 2.12 bits per heavy atom. The first-order valence-electron chi connectivity index (χ1n) is 8.43. The molecule has 0 radical (unpaired) electrons. The number of fused-ring (bicyclic) bond motifs is 1. The van der Waals surface area contributed by atoms with Gasteiger partial charge in [-0.2, -0.15) is 0 Å². The Balaban J connectivity index is 1.91. The van der Waals surface area contributed by atoms with E-state index in [0.29, 0.717) is 32.4 Å². The Bertz CT molecular complexity index is 672. The van der Waals surface area contributed by atoms with E-state index in [1.54, 1.807) is 0 Å². The highest BCUT2D eigenvalue weighted by Gasteiger charge is 2.51. The van der Waals surface area contributed by atoms with Crippen LogP contribution >= 0.6 is 0 Å². The molecule has 25 heavy (non-hydrogen) atoms. The summed E-state index contributed by atoms with van der Waals surface area (Å²) in [6, 6.07) is 1.18. The quantitative estimate of drug-likeness (QED) is 0.783. The molecule has 2 N–H and O–H groups in total. The second kappa shape index (κ2) is 6.41. The van der Waals surface area contributed by atoms with Crippen molar-refractivity contribution in [1.82, 2.24) is 14.6 Å². The van der Waals surface area contributed by atoms with Crippen LogP contribution in [0.25, 0.3) is 0 Å². The standard InChI is InChI=1S/C17H24FN3O3S/c1-16(2,3)25(24)20-14-12-8-11(18)10-19-13(12)9-17(14)4-6-21(7-5-17)15(22)23/h8,10,14,20H,4-7,9H2,1-3H3,(H,22,23)/t14?,25-/m1/s1. The zero-order valence-corrected chi connectivity index (χ0v) is 15.5. The molecule has 1 saturated heterocycles. The second-order valence-electron chi connectivity index (χ2n) is 7.93. The lowest BCUT2D eigenvalue weighted by molar-refractivity contribution is 0.0762. The topological polar surface area (TPSA) is 88.5 Å². The van der Waals surface area contributed by atoms with Gasteiger partial charge in [-0.05, 0) is 51.7 Å². The van der Waals surface area contributed by atoms with Crippen LogP contribution in [0.3, 0.4) is 0 Å². The fourth-order valence-electron chi connectivity index (χ4n) is 3.73. The normalized spacial score (nSPS) is 23.6. The van der Waals surface area contributed by atoms with Gasteiger partial charge in [-0.3, -0.25) is 4.98 Å². The second-order valence-corrected chi connectivity index (χ2v) is 9.93. The lowest BCUT2D eigenvalue weighted by atomic mass is 9.73. The molecule has 2 heterocycles. The Morgan fingerprint density at radius 1 is 1.48 bits per heavy atom. The largest absolute Gasteiger partial charge is 0.598 e. The Hall–Kier alpha value is -1.38. The molecule has 1 spiro atoms. The zero-order valence-electron chi connectivity index (χ0n) is 14.7. The van der Waals surface area contributed by atoms with Gasteiger partial charge in [0, 0.05) is 35.6 Å². The first-order chi connectivity index (χ1) is 11.6. The molecule has 3 rings (SSSR count). The molecule has 2 aliphatic rings. The molecule has 138 valence electrons. The maximum absolute atomic E-state index is 13.8. The fourth-order valence-corrected chi connectivity index (χ4v) is 4.67. The Labute approximate surface area is 150 Å². The minimum Gasteiger partial charge on any atom is -0.598 e. The van der Waals surface area contributed by atoms with Crippen molar-refractivity contribution < 1.29 is 18.8 Å². The lowest BCUT2D eigenvalue weighted by Crippen LogP contribution is -2.50. The number of amides is 1. The number of piperidine rings is 1. The van der Waals surface area contributed by atoms with Gasteiger partial charge in [0.2, 0.25) is 0 Å². The highest BCUT2D eigenvalue weighted by molar-refractivity contribution is 7.90. The molecule has 8 heteroatoms. The third kappa shape index (κ3) is 3.47. The van der Waals surface area contributed by atoms with Crippen LogP contribution in [0.1, 0.15) is 50.9 Å². The Morgan fingerprint density at radius 3 is 2.68 bits per heavy atom. The van der Waals surface area contributed by atoms with Crippen LogP contribution in [0, 0.1) is 11.2 Å². The number of nitrogens with one attached hydrogen (secondary N) is 1. The van der Waals surface area contributed by atoms with Gasteiger partial charge in [0.15, 0.2) is 0 Å². The molecule has 1 unspecified atom stereocenters. The predicted molar refractivity (Wildman–Crippen MR) is 92.9 cm³/mol. The van der Waals surface area contributed by atoms with Crippen LogP contribution in [0.2, 0.25) is 0 Å². The first-order valence-corrected chi connectivity index (χ1v) is 9.58. The number of likely N-dealkylation sites (tertiary alicyclic amines) is 1. The molecule has 1 aliphatic carbocycles. The van der Waals surface area contributed by atoms with E-state index in [-0.39, 0.29) is 11.5 Å². The molecule has 0 bridgehead atoms. The van der Waals surface area contributed by atoms with Crippen LogP contribution in [0.5, 0.6) is 0 Å². The summed E-state index contributed by atoms with van der Waals surface area (Å²) < 4.78 is 29.2. The summed E-state index contributed by atoms with van der Waals surface area (Å²) in [7, 11) is 0. The van der Waals surface area contributed by atoms with Crippen LogP contribution in [-0.2, 0) is 17.8 Å². The molecule has 0 saturated carbocycles. The van der Waals surface area contributed by atoms with E-state index in [1.807, 2.05) is 20.8 Å². The van der Waals surface area contributed by atoms with Crippen molar-refractivity contribution >= 4 is 17.5 Å². The van der Waals surface area contributed by atoms with Crippen LogP contribution in [0.4, 0.5) is 9.18 Å². The molecule has 1 fully saturated rings. The van der Waals surface area contributed by atoms with E-state index in [0.717, 1.165) is 11.3 Å². The smallest absolute Gasteiger partial charge is 0.407 e. The minimum atomic E-state index is -1.32. The van der Waals surface area contributed by atoms with Crippen LogP contribution in [0.15, 0.2) is 12.3 Å². The molecule has 2 atom stereocenters. The number of hydrogen-bond donors (Lipinski definition) is 2. The van der Waals surface area contributed by atoms with Crippen molar-refractivity contribution in [2.24, 2.45) is 5.41 Å². The van der Waals surface area contributed by atoms with Gasteiger partial charge in [0.25, 0.3) is 0 Å². The monoisotopic (exact) mass is 369 g/mol. The maximum atomic E-state index is 13.8. The molecule has 6 nitrogen and oxygen atoms in total. The number of rotatable bonds is 2. The molecule has 1 aliphatic heterocycles. The van der Waals surface area contributed by atoms with E-state index in [2.05, 4.69) is 9.71 Å². The van der Waals surface area contributed by atoms with Crippen molar-refractivity contribution in [1.29, 1.82) is 0 Å². The number of nitrogens with zero attached hydrogens (tertiary/aromatic N) is 2. The van der Waals surface area contributed by atoms with Crippen molar-refractivity contribution in [2.45, 2.75) is 50.8 Å². The van der Waals surface area contributed by atoms with Gasteiger partial charge >= 0.3 is 6.09 Å². The van der Waals surface area contributed by atoms with Crippen molar-refractivity contribution in [3.63, 3.8) is 0 Å². The summed E-state index contributed by atoms with van der Waals surface area (Å²) in [5, 5.41) is 9.20. The average molecular weight is 369 g/mol. The molecule has 1 amide bonds. The van der Waals surface area contributed by atoms with E-state index in [1.165, 1.54) is 17.2 Å². The number of pyridine rings is 1. The molecule has 0 aromatic carbocycles. The molecular weight excluding hydrogens is 345 g/mol. The van der Waals surface area contributed by atoms with Gasteiger partial charge in [-0.15, -0.1) is 4.72 Å². The molecule has 1 aromatic rings. The molecular formula is C17H24FN3O3S. The van der Waals surface area contributed by atoms with Crippen molar-refractivity contribution in [3.05, 3.63) is 29.3 Å². The van der Waals surface area contributed by atoms with Gasteiger partial charge in [0.05, 0.1) is 12.2 Å². The first kappa shape index (κ1) is 18.4.